The molecule has 2 heterocycles. The van der Waals surface area contributed by atoms with Crippen LogP contribution >= 0.6 is 22.9 Å². The molecular formula is C15H14ClN3O2S. The lowest BCUT2D eigenvalue weighted by atomic mass is 10.1. The predicted molar refractivity (Wildman–Crippen MR) is 87.4 cm³/mol. The molecule has 1 saturated heterocycles. The molecule has 0 saturated carbocycles. The molecular weight excluding hydrogens is 322 g/mol. The molecule has 0 aliphatic carbocycles. The van der Waals surface area contributed by atoms with Crippen LogP contribution in [0.2, 0.25) is 5.02 Å². The molecule has 0 bridgehead atoms. The summed E-state index contributed by atoms with van der Waals surface area (Å²) in [6.45, 7) is 2.24. The second kappa shape index (κ2) is 6.06. The van der Waals surface area contributed by atoms with Crippen LogP contribution in [0.25, 0.3) is 0 Å². The van der Waals surface area contributed by atoms with Crippen LogP contribution in [0.1, 0.15) is 12.1 Å². The molecule has 2 aromatic rings. The first kappa shape index (κ1) is 15.0. The Labute approximate surface area is 136 Å². The molecule has 1 atom stereocenters. The third-order valence-electron chi connectivity index (χ3n) is 3.48. The minimum Gasteiger partial charge on any atom is -0.312 e. The van der Waals surface area contributed by atoms with E-state index in [9.17, 15) is 9.59 Å². The number of carbonyl (C=O) groups excluding carboxylic acids is 2. The topological polar surface area (TPSA) is 62.3 Å². The van der Waals surface area contributed by atoms with Crippen LogP contribution < -0.4 is 10.2 Å². The molecule has 1 aliphatic rings. The third-order valence-corrected chi connectivity index (χ3v) is 4.61. The van der Waals surface area contributed by atoms with Gasteiger partial charge in [-0.25, -0.2) is 4.98 Å². The molecule has 5 nitrogen and oxygen atoms in total. The van der Waals surface area contributed by atoms with Crippen molar-refractivity contribution < 1.29 is 9.59 Å². The van der Waals surface area contributed by atoms with E-state index < -0.39 is 0 Å². The van der Waals surface area contributed by atoms with Gasteiger partial charge in [-0.3, -0.25) is 9.59 Å². The molecule has 0 unspecified atom stereocenters. The highest BCUT2D eigenvalue weighted by Crippen LogP contribution is 2.27. The van der Waals surface area contributed by atoms with Gasteiger partial charge in [0, 0.05) is 29.1 Å². The van der Waals surface area contributed by atoms with Crippen LogP contribution in [0.3, 0.4) is 0 Å². The van der Waals surface area contributed by atoms with E-state index in [0.717, 1.165) is 11.4 Å². The summed E-state index contributed by atoms with van der Waals surface area (Å²) in [4.78, 5) is 30.2. The van der Waals surface area contributed by atoms with Gasteiger partial charge in [0.05, 0.1) is 11.6 Å². The Morgan fingerprint density at radius 2 is 2.14 bits per heavy atom. The average Bonchev–Trinajstić information content (AvgIpc) is 3.06. The summed E-state index contributed by atoms with van der Waals surface area (Å²) in [6, 6.07) is 7.03. The van der Waals surface area contributed by atoms with Gasteiger partial charge in [0.2, 0.25) is 11.8 Å². The zero-order valence-electron chi connectivity index (χ0n) is 11.9. The summed E-state index contributed by atoms with van der Waals surface area (Å²) >= 11 is 7.23. The molecule has 114 valence electrons. The summed E-state index contributed by atoms with van der Waals surface area (Å²) in [5.41, 5.74) is 1.63. The summed E-state index contributed by atoms with van der Waals surface area (Å²) < 4.78 is 0. The van der Waals surface area contributed by atoms with Crippen molar-refractivity contribution in [2.45, 2.75) is 13.3 Å². The summed E-state index contributed by atoms with van der Waals surface area (Å²) in [7, 11) is 0. The monoisotopic (exact) mass is 335 g/mol. The van der Waals surface area contributed by atoms with E-state index in [1.807, 2.05) is 12.3 Å². The van der Waals surface area contributed by atoms with Crippen LogP contribution in [-0.4, -0.2) is 23.3 Å². The fourth-order valence-electron chi connectivity index (χ4n) is 2.37. The van der Waals surface area contributed by atoms with Gasteiger partial charge in [-0.1, -0.05) is 11.6 Å². The number of carbonyl (C=O) groups is 2. The van der Waals surface area contributed by atoms with Crippen molar-refractivity contribution in [3.63, 3.8) is 0 Å². The summed E-state index contributed by atoms with van der Waals surface area (Å²) in [5, 5.41) is 5.83. The molecule has 0 spiro atoms. The van der Waals surface area contributed by atoms with Crippen molar-refractivity contribution >= 4 is 45.6 Å². The van der Waals surface area contributed by atoms with Crippen LogP contribution in [0.15, 0.2) is 29.6 Å². The lowest BCUT2D eigenvalue weighted by molar-refractivity contribution is -0.122. The first-order valence-electron chi connectivity index (χ1n) is 6.82. The second-order valence-corrected chi connectivity index (χ2v) is 6.46. The number of nitrogens with zero attached hydrogens (tertiary/aromatic N) is 2. The average molecular weight is 336 g/mol. The van der Waals surface area contributed by atoms with Gasteiger partial charge in [0.25, 0.3) is 0 Å². The van der Waals surface area contributed by atoms with Gasteiger partial charge in [0.1, 0.15) is 0 Å². The fraction of sp³-hybridized carbons (Fsp3) is 0.267. The van der Waals surface area contributed by atoms with Crippen LogP contribution in [0, 0.1) is 12.8 Å². The number of amides is 2. The number of nitrogens with one attached hydrogen (secondary N) is 1. The Balaban J connectivity index is 1.68. The second-order valence-electron chi connectivity index (χ2n) is 5.17. The Kier molecular flexibility index (Phi) is 4.13. The van der Waals surface area contributed by atoms with E-state index in [4.69, 9.17) is 11.6 Å². The van der Waals surface area contributed by atoms with Gasteiger partial charge in [0.15, 0.2) is 5.13 Å². The highest BCUT2D eigenvalue weighted by atomic mass is 35.5. The maximum absolute atomic E-state index is 12.3. The van der Waals surface area contributed by atoms with E-state index in [1.54, 1.807) is 29.2 Å². The minimum absolute atomic E-state index is 0.0576. The molecule has 1 aromatic heterocycles. The lowest BCUT2D eigenvalue weighted by Gasteiger charge is -2.16. The standard InChI is InChI=1S/C15H14ClN3O2S/c1-9-8-22-15(17-9)18-14(21)10-6-13(20)19(7-10)12-4-2-11(16)3-5-12/h2-5,8,10H,6-7H2,1H3,(H,17,18,21)/t10-/m1/s1. The van der Waals surface area contributed by atoms with Crippen molar-refractivity contribution in [1.82, 2.24) is 4.98 Å². The Morgan fingerprint density at radius 1 is 1.41 bits per heavy atom. The van der Waals surface area contributed by atoms with E-state index in [-0.39, 0.29) is 24.2 Å². The van der Waals surface area contributed by atoms with Gasteiger partial charge in [-0.15, -0.1) is 11.3 Å². The highest BCUT2D eigenvalue weighted by Gasteiger charge is 2.35. The quantitative estimate of drug-likeness (QED) is 0.937. The van der Waals surface area contributed by atoms with Crippen molar-refractivity contribution in [3.05, 3.63) is 40.4 Å². The molecule has 2 amide bonds. The molecule has 3 rings (SSSR count). The van der Waals surface area contributed by atoms with Gasteiger partial charge >= 0.3 is 0 Å². The van der Waals surface area contributed by atoms with Crippen LogP contribution in [-0.2, 0) is 9.59 Å². The predicted octanol–water partition coefficient (Wildman–Crippen LogP) is 3.10. The fourth-order valence-corrected chi connectivity index (χ4v) is 3.19. The van der Waals surface area contributed by atoms with E-state index in [0.29, 0.717) is 16.7 Å². The molecule has 22 heavy (non-hydrogen) atoms. The Bertz CT molecular complexity index is 714. The Morgan fingerprint density at radius 3 is 2.77 bits per heavy atom. The van der Waals surface area contributed by atoms with Crippen molar-refractivity contribution in [2.24, 2.45) is 5.92 Å². The van der Waals surface area contributed by atoms with Gasteiger partial charge in [-0.2, -0.15) is 0 Å². The first-order chi connectivity index (χ1) is 10.5. The normalized spacial score (nSPS) is 17.8. The number of hydrogen-bond acceptors (Lipinski definition) is 4. The van der Waals surface area contributed by atoms with E-state index >= 15 is 0 Å². The SMILES string of the molecule is Cc1csc(NC(=O)[C@@H]2CC(=O)N(c3ccc(Cl)cc3)C2)n1. The smallest absolute Gasteiger partial charge is 0.231 e. The Hall–Kier alpha value is -1.92. The number of benzene rings is 1. The molecule has 1 aliphatic heterocycles. The van der Waals surface area contributed by atoms with Crippen molar-refractivity contribution in [3.8, 4) is 0 Å². The molecule has 7 heteroatoms. The van der Waals surface area contributed by atoms with Crippen molar-refractivity contribution in [2.75, 3.05) is 16.8 Å². The number of thiazole rings is 1. The van der Waals surface area contributed by atoms with E-state index in [1.165, 1.54) is 11.3 Å². The number of aromatic nitrogens is 1. The highest BCUT2D eigenvalue weighted by molar-refractivity contribution is 7.13. The maximum atomic E-state index is 12.3. The minimum atomic E-state index is -0.368. The lowest BCUT2D eigenvalue weighted by Crippen LogP contribution is -2.28. The molecule has 1 aromatic carbocycles. The number of hydrogen-bond donors (Lipinski definition) is 1. The first-order valence-corrected chi connectivity index (χ1v) is 8.07. The summed E-state index contributed by atoms with van der Waals surface area (Å²) in [5.74, 6) is -0.593. The molecule has 1 fully saturated rings. The van der Waals surface area contributed by atoms with Gasteiger partial charge < -0.3 is 10.2 Å². The zero-order chi connectivity index (χ0) is 15.7. The molecule has 1 N–H and O–H groups in total. The largest absolute Gasteiger partial charge is 0.312 e. The molecule has 0 radical (unpaired) electrons. The van der Waals surface area contributed by atoms with Crippen LogP contribution in [0.5, 0.6) is 0 Å². The van der Waals surface area contributed by atoms with Crippen LogP contribution in [0.4, 0.5) is 10.8 Å². The number of rotatable bonds is 3. The van der Waals surface area contributed by atoms with Gasteiger partial charge in [-0.05, 0) is 31.2 Å². The van der Waals surface area contributed by atoms with Crippen molar-refractivity contribution in [1.29, 1.82) is 0 Å². The number of aryl methyl sites for hydroxylation is 1. The number of halogens is 1. The van der Waals surface area contributed by atoms with E-state index in [2.05, 4.69) is 10.3 Å². The summed E-state index contributed by atoms with van der Waals surface area (Å²) in [6.07, 6.45) is 0.207. The third kappa shape index (κ3) is 3.13. The number of anilines is 2. The maximum Gasteiger partial charge on any atom is 0.231 e. The zero-order valence-corrected chi connectivity index (χ0v) is 13.4.